The number of aromatic nitrogens is 1. The zero-order valence-corrected chi connectivity index (χ0v) is 18.8. The van der Waals surface area contributed by atoms with Crippen LogP contribution in [0, 0.1) is 0 Å². The van der Waals surface area contributed by atoms with Crippen molar-refractivity contribution in [1.29, 1.82) is 0 Å². The number of amides is 1. The molecule has 1 amide bonds. The van der Waals surface area contributed by atoms with Crippen molar-refractivity contribution in [3.05, 3.63) is 47.3 Å². The first-order valence-corrected chi connectivity index (χ1v) is 12.0. The quantitative estimate of drug-likeness (QED) is 0.527. The van der Waals surface area contributed by atoms with Crippen LogP contribution in [0.3, 0.4) is 0 Å². The molecule has 30 heavy (non-hydrogen) atoms. The highest BCUT2D eigenvalue weighted by molar-refractivity contribution is 7.91. The van der Waals surface area contributed by atoms with Crippen molar-refractivity contribution in [3.63, 3.8) is 0 Å². The van der Waals surface area contributed by atoms with E-state index in [1.165, 1.54) is 23.5 Å². The molecular formula is C21H24N2O5S2. The van der Waals surface area contributed by atoms with Crippen molar-refractivity contribution in [1.82, 2.24) is 4.57 Å². The number of carbonyl (C=O) groups excluding carboxylic acids is 1. The standard InChI is InChI=1S/C21H24N2O5S2/c1-4-11-23-16-13-17(27-2)18(28-3)14-19(16)29-21(23)22-20(24)10-12-30(25,26)15-8-6-5-7-9-15/h5-9,13-14H,4,10-12H2,1-3H3. The summed E-state index contributed by atoms with van der Waals surface area (Å²) in [5.41, 5.74) is 0.892. The lowest BCUT2D eigenvalue weighted by Gasteiger charge is -2.08. The average molecular weight is 449 g/mol. The molecule has 160 valence electrons. The number of sulfone groups is 1. The van der Waals surface area contributed by atoms with Crippen LogP contribution in [0.25, 0.3) is 10.2 Å². The van der Waals surface area contributed by atoms with Gasteiger partial charge in [-0.3, -0.25) is 4.79 Å². The minimum absolute atomic E-state index is 0.176. The highest BCUT2D eigenvalue weighted by atomic mass is 32.2. The highest BCUT2D eigenvalue weighted by Crippen LogP contribution is 2.33. The SMILES string of the molecule is CCCn1c(=NC(=O)CCS(=O)(=O)c2ccccc2)sc2cc(OC)c(OC)cc21. The molecule has 9 heteroatoms. The molecule has 2 aromatic carbocycles. The minimum Gasteiger partial charge on any atom is -0.493 e. The third kappa shape index (κ3) is 4.73. The van der Waals surface area contributed by atoms with Crippen molar-refractivity contribution in [2.45, 2.75) is 31.2 Å². The van der Waals surface area contributed by atoms with Gasteiger partial charge in [-0.25, -0.2) is 8.42 Å². The molecule has 0 bridgehead atoms. The van der Waals surface area contributed by atoms with Gasteiger partial charge in [0.2, 0.25) is 5.91 Å². The lowest BCUT2D eigenvalue weighted by Crippen LogP contribution is -2.18. The van der Waals surface area contributed by atoms with E-state index < -0.39 is 15.7 Å². The van der Waals surface area contributed by atoms with Crippen molar-refractivity contribution in [3.8, 4) is 11.5 Å². The van der Waals surface area contributed by atoms with Gasteiger partial charge >= 0.3 is 0 Å². The molecule has 0 saturated heterocycles. The van der Waals surface area contributed by atoms with E-state index in [0.29, 0.717) is 22.8 Å². The fourth-order valence-electron chi connectivity index (χ4n) is 3.05. The Hall–Kier alpha value is -2.65. The molecule has 7 nitrogen and oxygen atoms in total. The molecule has 0 unspecified atom stereocenters. The van der Waals surface area contributed by atoms with Crippen LogP contribution in [0.2, 0.25) is 0 Å². The Bertz CT molecular complexity index is 1210. The Kier molecular flexibility index (Phi) is 6.94. The van der Waals surface area contributed by atoms with Gasteiger partial charge in [0.15, 0.2) is 26.1 Å². The molecule has 0 radical (unpaired) electrons. The summed E-state index contributed by atoms with van der Waals surface area (Å²) in [7, 11) is -0.387. The molecule has 0 atom stereocenters. The molecular weight excluding hydrogens is 424 g/mol. The zero-order chi connectivity index (χ0) is 21.7. The predicted molar refractivity (Wildman–Crippen MR) is 117 cm³/mol. The first-order valence-electron chi connectivity index (χ1n) is 9.50. The summed E-state index contributed by atoms with van der Waals surface area (Å²) >= 11 is 1.36. The van der Waals surface area contributed by atoms with Crippen LogP contribution >= 0.6 is 11.3 Å². The topological polar surface area (TPSA) is 87.0 Å². The zero-order valence-electron chi connectivity index (χ0n) is 17.1. The fourth-order valence-corrected chi connectivity index (χ4v) is 5.39. The summed E-state index contributed by atoms with van der Waals surface area (Å²) in [4.78, 5) is 17.4. The van der Waals surface area contributed by atoms with Crippen LogP contribution in [0.15, 0.2) is 52.4 Å². The largest absolute Gasteiger partial charge is 0.493 e. The van der Waals surface area contributed by atoms with Gasteiger partial charge in [-0.1, -0.05) is 36.5 Å². The van der Waals surface area contributed by atoms with Crippen LogP contribution < -0.4 is 14.3 Å². The van der Waals surface area contributed by atoms with Gasteiger partial charge in [0, 0.05) is 25.1 Å². The van der Waals surface area contributed by atoms with Gasteiger partial charge in [-0.15, -0.1) is 0 Å². The molecule has 0 fully saturated rings. The number of ether oxygens (including phenoxy) is 2. The van der Waals surface area contributed by atoms with Crippen LogP contribution in [0.4, 0.5) is 0 Å². The number of fused-ring (bicyclic) bond motifs is 1. The molecule has 1 aromatic heterocycles. The summed E-state index contributed by atoms with van der Waals surface area (Å²) in [5.74, 6) is 0.450. The Morgan fingerprint density at radius 1 is 1.10 bits per heavy atom. The number of thiazole rings is 1. The third-order valence-electron chi connectivity index (χ3n) is 4.54. The molecule has 3 rings (SSSR count). The number of rotatable bonds is 8. The summed E-state index contributed by atoms with van der Waals surface area (Å²) in [6.07, 6.45) is 0.675. The first-order chi connectivity index (χ1) is 14.4. The second-order valence-electron chi connectivity index (χ2n) is 6.60. The maximum absolute atomic E-state index is 12.5. The van der Waals surface area contributed by atoms with Gasteiger partial charge < -0.3 is 14.0 Å². The predicted octanol–water partition coefficient (Wildman–Crippen LogP) is 3.42. The molecule has 1 heterocycles. The van der Waals surface area contributed by atoms with E-state index in [1.807, 2.05) is 23.6 Å². The normalized spacial score (nSPS) is 12.3. The fraction of sp³-hybridized carbons (Fsp3) is 0.333. The Morgan fingerprint density at radius 3 is 2.40 bits per heavy atom. The van der Waals surface area contributed by atoms with Crippen molar-refractivity contribution in [2.24, 2.45) is 4.99 Å². The Balaban J connectivity index is 1.92. The van der Waals surface area contributed by atoms with Crippen molar-refractivity contribution in [2.75, 3.05) is 20.0 Å². The second-order valence-corrected chi connectivity index (χ2v) is 9.72. The van der Waals surface area contributed by atoms with E-state index in [4.69, 9.17) is 9.47 Å². The number of hydrogen-bond donors (Lipinski definition) is 0. The molecule has 0 saturated carbocycles. The van der Waals surface area contributed by atoms with Gasteiger partial charge in [-0.2, -0.15) is 4.99 Å². The molecule has 0 aliphatic heterocycles. The monoisotopic (exact) mass is 448 g/mol. The van der Waals surface area contributed by atoms with Gasteiger partial charge in [0.25, 0.3) is 0 Å². The minimum atomic E-state index is -3.53. The van der Waals surface area contributed by atoms with Gasteiger partial charge in [0.1, 0.15) is 0 Å². The third-order valence-corrected chi connectivity index (χ3v) is 7.32. The molecule has 0 aliphatic rings. The summed E-state index contributed by atoms with van der Waals surface area (Å²) in [5, 5.41) is 0. The lowest BCUT2D eigenvalue weighted by atomic mass is 10.3. The van der Waals surface area contributed by atoms with E-state index in [0.717, 1.165) is 16.6 Å². The number of benzene rings is 2. The highest BCUT2D eigenvalue weighted by Gasteiger charge is 2.17. The number of aryl methyl sites for hydroxylation is 1. The van der Waals surface area contributed by atoms with Crippen LogP contribution in [0.5, 0.6) is 11.5 Å². The molecule has 0 aliphatic carbocycles. The smallest absolute Gasteiger partial charge is 0.249 e. The molecule has 3 aromatic rings. The van der Waals surface area contributed by atoms with Crippen molar-refractivity contribution >= 4 is 37.3 Å². The van der Waals surface area contributed by atoms with E-state index >= 15 is 0 Å². The summed E-state index contributed by atoms with van der Waals surface area (Å²) in [6.45, 7) is 2.71. The van der Waals surface area contributed by atoms with Gasteiger partial charge in [-0.05, 0) is 18.6 Å². The van der Waals surface area contributed by atoms with Gasteiger partial charge in [0.05, 0.1) is 35.1 Å². The Labute approximate surface area is 179 Å². The van der Waals surface area contributed by atoms with Crippen LogP contribution in [0.1, 0.15) is 19.8 Å². The van der Waals surface area contributed by atoms with Crippen LogP contribution in [-0.2, 0) is 21.2 Å². The number of nitrogens with zero attached hydrogens (tertiary/aromatic N) is 2. The van der Waals surface area contributed by atoms with Crippen molar-refractivity contribution < 1.29 is 22.7 Å². The maximum Gasteiger partial charge on any atom is 0.249 e. The average Bonchev–Trinajstić information content (AvgIpc) is 3.08. The number of hydrogen-bond acceptors (Lipinski definition) is 6. The van der Waals surface area contributed by atoms with E-state index in [9.17, 15) is 13.2 Å². The molecule has 0 N–H and O–H groups in total. The first kappa shape index (κ1) is 22.0. The number of carbonyl (C=O) groups is 1. The van der Waals surface area contributed by atoms with E-state index in [-0.39, 0.29) is 17.1 Å². The lowest BCUT2D eigenvalue weighted by molar-refractivity contribution is -0.117. The van der Waals surface area contributed by atoms with E-state index in [1.54, 1.807) is 32.4 Å². The van der Waals surface area contributed by atoms with E-state index in [2.05, 4.69) is 4.99 Å². The second kappa shape index (κ2) is 9.44. The Morgan fingerprint density at radius 2 is 1.77 bits per heavy atom. The van der Waals surface area contributed by atoms with Crippen LogP contribution in [-0.4, -0.2) is 38.9 Å². The summed E-state index contributed by atoms with van der Waals surface area (Å²) < 4.78 is 38.4. The maximum atomic E-state index is 12.5. The molecule has 0 spiro atoms. The number of methoxy groups -OCH3 is 2. The summed E-state index contributed by atoms with van der Waals surface area (Å²) in [6, 6.07) is 11.8.